The van der Waals surface area contributed by atoms with Crippen molar-refractivity contribution in [2.75, 3.05) is 33.4 Å². The molecule has 2 aliphatic rings. The molecular formula is C13H24N2O3. The summed E-state index contributed by atoms with van der Waals surface area (Å²) >= 11 is 0. The Hall–Kier alpha value is -0.650. The SMILES string of the molecule is COCC1(CC(N)=O)CN(C2CCCC2)CCO1. The second kappa shape index (κ2) is 5.99. The van der Waals surface area contributed by atoms with Crippen LogP contribution in [-0.2, 0) is 14.3 Å². The van der Waals surface area contributed by atoms with Gasteiger partial charge in [-0.05, 0) is 12.8 Å². The maximum absolute atomic E-state index is 11.2. The summed E-state index contributed by atoms with van der Waals surface area (Å²) in [7, 11) is 1.64. The van der Waals surface area contributed by atoms with Gasteiger partial charge in [0.2, 0.25) is 5.91 Å². The summed E-state index contributed by atoms with van der Waals surface area (Å²) in [6, 6.07) is 0.651. The number of nitrogens with two attached hydrogens (primary N) is 1. The van der Waals surface area contributed by atoms with E-state index in [4.69, 9.17) is 15.2 Å². The van der Waals surface area contributed by atoms with Crippen LogP contribution in [0.5, 0.6) is 0 Å². The Morgan fingerprint density at radius 3 is 2.83 bits per heavy atom. The highest BCUT2D eigenvalue weighted by atomic mass is 16.5. The Bertz CT molecular complexity index is 288. The van der Waals surface area contributed by atoms with Crippen LogP contribution in [0.3, 0.4) is 0 Å². The third-order valence-electron chi connectivity index (χ3n) is 4.02. The van der Waals surface area contributed by atoms with Crippen molar-refractivity contribution in [3.05, 3.63) is 0 Å². The van der Waals surface area contributed by atoms with Crippen molar-refractivity contribution in [3.63, 3.8) is 0 Å². The van der Waals surface area contributed by atoms with Crippen molar-refractivity contribution < 1.29 is 14.3 Å². The summed E-state index contributed by atoms with van der Waals surface area (Å²) in [5.74, 6) is -0.319. The van der Waals surface area contributed by atoms with Gasteiger partial charge in [0, 0.05) is 26.2 Å². The second-order valence-electron chi connectivity index (χ2n) is 5.52. The molecule has 1 saturated carbocycles. The lowest BCUT2D eigenvalue weighted by atomic mass is 9.96. The lowest BCUT2D eigenvalue weighted by Gasteiger charge is -2.44. The maximum Gasteiger partial charge on any atom is 0.220 e. The molecule has 1 heterocycles. The molecule has 5 nitrogen and oxygen atoms in total. The van der Waals surface area contributed by atoms with Crippen molar-refractivity contribution in [2.45, 2.75) is 43.7 Å². The van der Waals surface area contributed by atoms with Crippen LogP contribution in [0.2, 0.25) is 0 Å². The number of carbonyl (C=O) groups excluding carboxylic acids is 1. The van der Waals surface area contributed by atoms with Crippen molar-refractivity contribution in [3.8, 4) is 0 Å². The van der Waals surface area contributed by atoms with Crippen molar-refractivity contribution in [2.24, 2.45) is 5.73 Å². The molecule has 5 heteroatoms. The van der Waals surface area contributed by atoms with Crippen LogP contribution in [0, 0.1) is 0 Å². The third kappa shape index (κ3) is 3.22. The molecule has 2 N–H and O–H groups in total. The van der Waals surface area contributed by atoms with Crippen LogP contribution < -0.4 is 5.73 Å². The number of hydrogen-bond acceptors (Lipinski definition) is 4. The zero-order valence-electron chi connectivity index (χ0n) is 11.2. The molecule has 1 unspecified atom stereocenters. The zero-order chi connectivity index (χ0) is 13.0. The van der Waals surface area contributed by atoms with Gasteiger partial charge in [-0.15, -0.1) is 0 Å². The van der Waals surface area contributed by atoms with E-state index in [1.54, 1.807) is 7.11 Å². The van der Waals surface area contributed by atoms with Gasteiger partial charge in [-0.25, -0.2) is 0 Å². The lowest BCUT2D eigenvalue weighted by molar-refractivity contribution is -0.158. The van der Waals surface area contributed by atoms with E-state index in [1.165, 1.54) is 25.7 Å². The van der Waals surface area contributed by atoms with Crippen LogP contribution in [-0.4, -0.2) is 55.9 Å². The first-order valence-corrected chi connectivity index (χ1v) is 6.80. The minimum atomic E-state index is -0.540. The molecule has 1 aliphatic heterocycles. The number of carbonyl (C=O) groups is 1. The average Bonchev–Trinajstić information content (AvgIpc) is 2.81. The summed E-state index contributed by atoms with van der Waals surface area (Å²) in [6.07, 6.45) is 5.40. The van der Waals surface area contributed by atoms with E-state index in [1.807, 2.05) is 0 Å². The first-order valence-electron chi connectivity index (χ1n) is 6.80. The molecule has 0 aromatic heterocycles. The number of methoxy groups -OCH3 is 1. The standard InChI is InChI=1S/C13H24N2O3/c1-17-10-13(8-12(14)16)9-15(6-7-18-13)11-4-2-3-5-11/h11H,2-10H2,1H3,(H2,14,16). The van der Waals surface area contributed by atoms with Crippen molar-refractivity contribution >= 4 is 5.91 Å². The summed E-state index contributed by atoms with van der Waals surface area (Å²) < 4.78 is 11.1. The topological polar surface area (TPSA) is 64.8 Å². The predicted molar refractivity (Wildman–Crippen MR) is 68.2 cm³/mol. The lowest BCUT2D eigenvalue weighted by Crippen LogP contribution is -2.57. The molecule has 2 rings (SSSR count). The van der Waals surface area contributed by atoms with Gasteiger partial charge >= 0.3 is 0 Å². The molecule has 0 radical (unpaired) electrons. The fourth-order valence-corrected chi connectivity index (χ4v) is 3.28. The number of amides is 1. The van der Waals surface area contributed by atoms with Crippen LogP contribution in [0.1, 0.15) is 32.1 Å². The van der Waals surface area contributed by atoms with Crippen LogP contribution in [0.25, 0.3) is 0 Å². The average molecular weight is 256 g/mol. The van der Waals surface area contributed by atoms with Crippen LogP contribution in [0.4, 0.5) is 0 Å². The van der Waals surface area contributed by atoms with Crippen molar-refractivity contribution in [1.82, 2.24) is 4.90 Å². The van der Waals surface area contributed by atoms with Gasteiger partial charge in [0.15, 0.2) is 0 Å². The Morgan fingerprint density at radius 1 is 1.50 bits per heavy atom. The highest BCUT2D eigenvalue weighted by Gasteiger charge is 2.40. The maximum atomic E-state index is 11.2. The van der Waals surface area contributed by atoms with Gasteiger partial charge in [-0.1, -0.05) is 12.8 Å². The minimum Gasteiger partial charge on any atom is -0.382 e. The van der Waals surface area contributed by atoms with Crippen LogP contribution >= 0.6 is 0 Å². The molecule has 0 aromatic carbocycles. The summed E-state index contributed by atoms with van der Waals surface area (Å²) in [5, 5.41) is 0. The van der Waals surface area contributed by atoms with E-state index in [9.17, 15) is 4.79 Å². The smallest absolute Gasteiger partial charge is 0.220 e. The zero-order valence-corrected chi connectivity index (χ0v) is 11.2. The number of hydrogen-bond donors (Lipinski definition) is 1. The Kier molecular flexibility index (Phi) is 4.59. The van der Waals surface area contributed by atoms with E-state index < -0.39 is 5.60 Å². The number of primary amides is 1. The van der Waals surface area contributed by atoms with Crippen molar-refractivity contribution in [1.29, 1.82) is 0 Å². The first kappa shape index (κ1) is 13.8. The first-order chi connectivity index (χ1) is 8.65. The number of nitrogens with zero attached hydrogens (tertiary/aromatic N) is 1. The number of rotatable bonds is 5. The molecule has 0 aromatic rings. The molecule has 18 heavy (non-hydrogen) atoms. The molecule has 0 bridgehead atoms. The van der Waals surface area contributed by atoms with E-state index in [0.717, 1.165) is 13.1 Å². The van der Waals surface area contributed by atoms with Gasteiger partial charge < -0.3 is 15.2 Å². The van der Waals surface area contributed by atoms with Crippen LogP contribution in [0.15, 0.2) is 0 Å². The molecule has 1 amide bonds. The molecule has 0 spiro atoms. The monoisotopic (exact) mass is 256 g/mol. The fraction of sp³-hybridized carbons (Fsp3) is 0.923. The predicted octanol–water partition coefficient (Wildman–Crippen LogP) is 0.522. The summed E-state index contributed by atoms with van der Waals surface area (Å²) in [5.41, 5.74) is 4.80. The van der Waals surface area contributed by atoms with Gasteiger partial charge in [-0.2, -0.15) is 0 Å². The van der Waals surface area contributed by atoms with E-state index in [-0.39, 0.29) is 12.3 Å². The van der Waals surface area contributed by atoms with Gasteiger partial charge in [0.05, 0.1) is 19.6 Å². The second-order valence-corrected chi connectivity index (χ2v) is 5.52. The van der Waals surface area contributed by atoms with Gasteiger partial charge in [-0.3, -0.25) is 9.69 Å². The third-order valence-corrected chi connectivity index (χ3v) is 4.02. The highest BCUT2D eigenvalue weighted by Crippen LogP contribution is 2.29. The number of morpholine rings is 1. The van der Waals surface area contributed by atoms with Gasteiger partial charge in [0.1, 0.15) is 5.60 Å². The molecular weight excluding hydrogens is 232 g/mol. The van der Waals surface area contributed by atoms with Gasteiger partial charge in [0.25, 0.3) is 0 Å². The summed E-state index contributed by atoms with van der Waals surface area (Å²) in [4.78, 5) is 13.7. The molecule has 1 atom stereocenters. The normalized spacial score (nSPS) is 30.7. The Labute approximate surface area is 109 Å². The number of ether oxygens (including phenoxy) is 2. The molecule has 1 saturated heterocycles. The molecule has 2 fully saturated rings. The Balaban J connectivity index is 2.02. The quantitative estimate of drug-likeness (QED) is 0.779. The Morgan fingerprint density at radius 2 is 2.22 bits per heavy atom. The minimum absolute atomic E-state index is 0.240. The highest BCUT2D eigenvalue weighted by molar-refractivity contribution is 5.75. The van der Waals surface area contributed by atoms with E-state index in [2.05, 4.69) is 4.90 Å². The van der Waals surface area contributed by atoms with E-state index in [0.29, 0.717) is 19.3 Å². The largest absolute Gasteiger partial charge is 0.382 e. The van der Waals surface area contributed by atoms with E-state index >= 15 is 0 Å². The molecule has 1 aliphatic carbocycles. The summed E-state index contributed by atoms with van der Waals surface area (Å²) in [6.45, 7) is 2.80. The fourth-order valence-electron chi connectivity index (χ4n) is 3.28. The molecule has 104 valence electrons.